The molecule has 2 aliphatic rings. The second-order valence-corrected chi connectivity index (χ2v) is 5.53. The summed E-state index contributed by atoms with van der Waals surface area (Å²) in [6.45, 7) is 0. The van der Waals surface area contributed by atoms with Gasteiger partial charge in [0.05, 0.1) is 0 Å². The van der Waals surface area contributed by atoms with Crippen molar-refractivity contribution in [1.82, 2.24) is 5.32 Å². The van der Waals surface area contributed by atoms with Gasteiger partial charge in [-0.3, -0.25) is 4.79 Å². The van der Waals surface area contributed by atoms with Crippen LogP contribution in [0.2, 0.25) is 0 Å². The van der Waals surface area contributed by atoms with Crippen molar-refractivity contribution in [3.05, 3.63) is 48.0 Å². The summed E-state index contributed by atoms with van der Waals surface area (Å²) in [4.78, 5) is 12.1. The largest absolute Gasteiger partial charge is 0.349 e. The quantitative estimate of drug-likeness (QED) is 0.792. The maximum Gasteiger partial charge on any atom is 0.251 e. The minimum Gasteiger partial charge on any atom is -0.349 e. The monoisotopic (exact) mass is 241 g/mol. The van der Waals surface area contributed by atoms with E-state index in [1.54, 1.807) is 0 Å². The molecule has 3 atom stereocenters. The van der Waals surface area contributed by atoms with Crippen LogP contribution in [0.1, 0.15) is 36.0 Å². The van der Waals surface area contributed by atoms with Crippen molar-refractivity contribution in [3.8, 4) is 0 Å². The molecule has 94 valence electrons. The first-order valence-corrected chi connectivity index (χ1v) is 6.84. The Hall–Kier alpha value is -1.57. The van der Waals surface area contributed by atoms with E-state index >= 15 is 0 Å². The fourth-order valence-corrected chi connectivity index (χ4v) is 3.27. The Bertz CT molecular complexity index is 451. The summed E-state index contributed by atoms with van der Waals surface area (Å²) in [5.74, 6) is 1.53. The molecule has 0 radical (unpaired) electrons. The minimum absolute atomic E-state index is 0.0737. The molecule has 1 N–H and O–H groups in total. The van der Waals surface area contributed by atoms with Crippen LogP contribution in [0.25, 0.3) is 0 Å². The number of carbonyl (C=O) groups is 1. The fourth-order valence-electron chi connectivity index (χ4n) is 3.27. The number of nitrogens with one attached hydrogen (secondary N) is 1. The van der Waals surface area contributed by atoms with Gasteiger partial charge in [-0.25, -0.2) is 0 Å². The molecule has 1 aromatic carbocycles. The first-order chi connectivity index (χ1) is 8.81. The molecule has 0 aliphatic heterocycles. The lowest BCUT2D eigenvalue weighted by atomic mass is 9.74. The van der Waals surface area contributed by atoms with Gasteiger partial charge in [0.25, 0.3) is 5.91 Å². The Labute approximate surface area is 108 Å². The number of benzene rings is 1. The van der Waals surface area contributed by atoms with E-state index in [1.807, 2.05) is 30.3 Å². The first kappa shape index (κ1) is 11.5. The van der Waals surface area contributed by atoms with Crippen LogP contribution in [-0.4, -0.2) is 11.9 Å². The van der Waals surface area contributed by atoms with Crippen LogP contribution in [0, 0.1) is 11.8 Å². The van der Waals surface area contributed by atoms with Gasteiger partial charge in [-0.05, 0) is 49.7 Å². The fraction of sp³-hybridized carbons (Fsp3) is 0.438. The maximum absolute atomic E-state index is 12.1. The zero-order chi connectivity index (χ0) is 12.4. The van der Waals surface area contributed by atoms with E-state index in [4.69, 9.17) is 0 Å². The number of carbonyl (C=O) groups excluding carboxylic acids is 1. The van der Waals surface area contributed by atoms with Gasteiger partial charge >= 0.3 is 0 Å². The van der Waals surface area contributed by atoms with Gasteiger partial charge in [0.2, 0.25) is 0 Å². The highest BCUT2D eigenvalue weighted by molar-refractivity contribution is 5.94. The van der Waals surface area contributed by atoms with E-state index in [-0.39, 0.29) is 5.91 Å². The van der Waals surface area contributed by atoms with Crippen molar-refractivity contribution in [1.29, 1.82) is 0 Å². The number of amides is 1. The molecule has 3 unspecified atom stereocenters. The maximum atomic E-state index is 12.1. The topological polar surface area (TPSA) is 29.1 Å². The van der Waals surface area contributed by atoms with Gasteiger partial charge in [0, 0.05) is 11.6 Å². The van der Waals surface area contributed by atoms with Gasteiger partial charge in [-0.15, -0.1) is 0 Å². The van der Waals surface area contributed by atoms with Gasteiger partial charge in [0.1, 0.15) is 0 Å². The predicted octanol–water partition coefficient (Wildman–Crippen LogP) is 3.16. The molecule has 2 aliphatic carbocycles. The average molecular weight is 241 g/mol. The SMILES string of the molecule is O=C(NC1CC2C=CCC(C2)C1)c1ccccc1. The van der Waals surface area contributed by atoms with Gasteiger partial charge < -0.3 is 5.32 Å². The molecular weight excluding hydrogens is 222 g/mol. The second kappa shape index (κ2) is 4.97. The van der Waals surface area contributed by atoms with Crippen molar-refractivity contribution in [3.63, 3.8) is 0 Å². The summed E-state index contributed by atoms with van der Waals surface area (Å²) in [5.41, 5.74) is 0.767. The lowest BCUT2D eigenvalue weighted by Crippen LogP contribution is -2.41. The Morgan fingerprint density at radius 3 is 2.72 bits per heavy atom. The van der Waals surface area contributed by atoms with Crippen molar-refractivity contribution >= 4 is 5.91 Å². The smallest absolute Gasteiger partial charge is 0.251 e. The van der Waals surface area contributed by atoms with Gasteiger partial charge in [-0.1, -0.05) is 30.4 Å². The van der Waals surface area contributed by atoms with Gasteiger partial charge in [-0.2, -0.15) is 0 Å². The molecule has 18 heavy (non-hydrogen) atoms. The van der Waals surface area contributed by atoms with Crippen LogP contribution in [0.3, 0.4) is 0 Å². The molecule has 0 spiro atoms. The number of hydrogen-bond donors (Lipinski definition) is 1. The van der Waals surface area contributed by atoms with Crippen LogP contribution in [0.5, 0.6) is 0 Å². The Balaban J connectivity index is 1.64. The number of hydrogen-bond acceptors (Lipinski definition) is 1. The molecule has 1 aromatic rings. The van der Waals surface area contributed by atoms with E-state index in [0.29, 0.717) is 12.0 Å². The molecule has 2 nitrogen and oxygen atoms in total. The van der Waals surface area contributed by atoms with Crippen molar-refractivity contribution < 1.29 is 4.79 Å². The molecular formula is C16H19NO. The molecule has 0 aromatic heterocycles. The summed E-state index contributed by atoms with van der Waals surface area (Å²) in [6.07, 6.45) is 9.39. The van der Waals surface area contributed by atoms with Crippen molar-refractivity contribution in [2.75, 3.05) is 0 Å². The zero-order valence-corrected chi connectivity index (χ0v) is 10.5. The number of rotatable bonds is 2. The first-order valence-electron chi connectivity index (χ1n) is 6.84. The summed E-state index contributed by atoms with van der Waals surface area (Å²) in [5, 5.41) is 3.19. The second-order valence-electron chi connectivity index (χ2n) is 5.53. The van der Waals surface area contributed by atoms with Crippen LogP contribution in [0.15, 0.2) is 42.5 Å². The lowest BCUT2D eigenvalue weighted by Gasteiger charge is -2.36. The number of fused-ring (bicyclic) bond motifs is 2. The predicted molar refractivity (Wildman–Crippen MR) is 72.3 cm³/mol. The van der Waals surface area contributed by atoms with E-state index in [2.05, 4.69) is 17.5 Å². The third-order valence-electron chi connectivity index (χ3n) is 4.09. The molecule has 2 bridgehead atoms. The Morgan fingerprint density at radius 1 is 1.11 bits per heavy atom. The average Bonchev–Trinajstić information content (AvgIpc) is 2.39. The molecule has 2 heteroatoms. The van der Waals surface area contributed by atoms with Crippen molar-refractivity contribution in [2.45, 2.75) is 31.7 Å². The molecule has 0 saturated heterocycles. The molecule has 1 fully saturated rings. The third kappa shape index (κ3) is 2.47. The summed E-state index contributed by atoms with van der Waals surface area (Å²) in [7, 11) is 0. The van der Waals surface area contributed by atoms with E-state index in [9.17, 15) is 4.79 Å². The van der Waals surface area contributed by atoms with Crippen molar-refractivity contribution in [2.24, 2.45) is 11.8 Å². The van der Waals surface area contributed by atoms with Crippen LogP contribution < -0.4 is 5.32 Å². The Morgan fingerprint density at radius 2 is 1.94 bits per heavy atom. The van der Waals surface area contributed by atoms with Crippen LogP contribution in [0.4, 0.5) is 0 Å². The van der Waals surface area contributed by atoms with E-state index in [0.717, 1.165) is 24.3 Å². The standard InChI is InChI=1S/C16H19NO/c18-16(14-7-2-1-3-8-14)17-15-10-12-5-4-6-13(9-12)11-15/h1-5,7-8,12-13,15H,6,9-11H2,(H,17,18). The molecule has 1 saturated carbocycles. The van der Waals surface area contributed by atoms with E-state index < -0.39 is 0 Å². The van der Waals surface area contributed by atoms with Crippen LogP contribution in [-0.2, 0) is 0 Å². The third-order valence-corrected chi connectivity index (χ3v) is 4.09. The summed E-state index contributed by atoms with van der Waals surface area (Å²) >= 11 is 0. The highest BCUT2D eigenvalue weighted by Gasteiger charge is 2.30. The normalized spacial score (nSPS) is 29.9. The highest BCUT2D eigenvalue weighted by atomic mass is 16.1. The molecule has 1 amide bonds. The minimum atomic E-state index is 0.0737. The Kier molecular flexibility index (Phi) is 3.18. The van der Waals surface area contributed by atoms with Crippen LogP contribution >= 0.6 is 0 Å². The highest BCUT2D eigenvalue weighted by Crippen LogP contribution is 2.36. The molecule has 3 rings (SSSR count). The summed E-state index contributed by atoms with van der Waals surface area (Å²) in [6, 6.07) is 9.86. The van der Waals surface area contributed by atoms with E-state index in [1.165, 1.54) is 12.8 Å². The zero-order valence-electron chi connectivity index (χ0n) is 10.5. The summed E-state index contributed by atoms with van der Waals surface area (Å²) < 4.78 is 0. The molecule has 0 heterocycles. The number of allylic oxidation sites excluding steroid dienone is 2. The lowest BCUT2D eigenvalue weighted by molar-refractivity contribution is 0.0910. The van der Waals surface area contributed by atoms with Gasteiger partial charge in [0.15, 0.2) is 0 Å².